The number of anilines is 1. The molecule has 0 amide bonds. The minimum Gasteiger partial charge on any atom is -0.357 e. The normalized spacial score (nSPS) is 10.3. The number of halogens is 2. The minimum atomic E-state index is 0.554. The average Bonchev–Trinajstić information content (AvgIpc) is 2.66. The number of benzene rings is 1. The highest BCUT2D eigenvalue weighted by Gasteiger charge is 2.12. The van der Waals surface area contributed by atoms with Crippen molar-refractivity contribution in [1.29, 1.82) is 0 Å². The quantitative estimate of drug-likeness (QED) is 0.873. The lowest BCUT2D eigenvalue weighted by Gasteiger charge is -2.01. The van der Waals surface area contributed by atoms with Gasteiger partial charge >= 0.3 is 0 Å². The summed E-state index contributed by atoms with van der Waals surface area (Å²) in [7, 11) is 1.75. The lowest BCUT2D eigenvalue weighted by Crippen LogP contribution is -1.83. The molecule has 1 N–H and O–H groups in total. The first-order chi connectivity index (χ1) is 7.22. The number of hydrogen-bond donors (Lipinski definition) is 1. The number of nitrogens with zero attached hydrogens (tertiary/aromatic N) is 1. The minimum absolute atomic E-state index is 0.554. The molecule has 3 nitrogen and oxygen atoms in total. The summed E-state index contributed by atoms with van der Waals surface area (Å²) in [5, 5.41) is 7.82. The molecule has 2 rings (SSSR count). The zero-order chi connectivity index (χ0) is 10.8. The summed E-state index contributed by atoms with van der Waals surface area (Å²) in [6, 6.07) is 7.05. The largest absolute Gasteiger partial charge is 0.357 e. The molecule has 0 spiro atoms. The summed E-state index contributed by atoms with van der Waals surface area (Å²) in [4.78, 5) is 0. The van der Waals surface area contributed by atoms with Crippen molar-refractivity contribution < 1.29 is 4.52 Å². The fourth-order valence-electron chi connectivity index (χ4n) is 1.25. The van der Waals surface area contributed by atoms with Crippen LogP contribution in [0.2, 0.25) is 10.0 Å². The zero-order valence-corrected chi connectivity index (χ0v) is 9.43. The average molecular weight is 243 g/mol. The van der Waals surface area contributed by atoms with Gasteiger partial charge < -0.3 is 9.84 Å². The number of rotatable bonds is 2. The second kappa shape index (κ2) is 4.13. The third-order valence-electron chi connectivity index (χ3n) is 1.98. The van der Waals surface area contributed by atoms with E-state index in [0.29, 0.717) is 27.2 Å². The molecule has 0 saturated carbocycles. The van der Waals surface area contributed by atoms with Crippen LogP contribution in [0.3, 0.4) is 0 Å². The maximum atomic E-state index is 6.03. The summed E-state index contributed by atoms with van der Waals surface area (Å²) in [5.74, 6) is 0.570. The van der Waals surface area contributed by atoms with E-state index < -0.39 is 0 Å². The van der Waals surface area contributed by atoms with Gasteiger partial charge in [0.25, 0.3) is 0 Å². The Labute approximate surface area is 97.0 Å². The highest BCUT2D eigenvalue weighted by Crippen LogP contribution is 2.34. The molecule has 15 heavy (non-hydrogen) atoms. The Balaban J connectivity index is 2.53. The molecular weight excluding hydrogens is 235 g/mol. The van der Waals surface area contributed by atoms with Crippen molar-refractivity contribution in [2.75, 3.05) is 12.4 Å². The van der Waals surface area contributed by atoms with Gasteiger partial charge in [-0.05, 0) is 12.1 Å². The molecule has 78 valence electrons. The predicted molar refractivity (Wildman–Crippen MR) is 61.5 cm³/mol. The van der Waals surface area contributed by atoms with E-state index in [2.05, 4.69) is 10.5 Å². The van der Waals surface area contributed by atoms with Crippen molar-refractivity contribution in [3.63, 3.8) is 0 Å². The van der Waals surface area contributed by atoms with Crippen LogP contribution in [0.15, 0.2) is 28.8 Å². The Bertz CT molecular complexity index is 462. The molecule has 0 atom stereocenters. The van der Waals surface area contributed by atoms with Crippen molar-refractivity contribution in [2.24, 2.45) is 0 Å². The summed E-state index contributed by atoms with van der Waals surface area (Å²) >= 11 is 12.1. The highest BCUT2D eigenvalue weighted by molar-refractivity contribution is 6.39. The van der Waals surface area contributed by atoms with Crippen LogP contribution in [0.25, 0.3) is 11.3 Å². The molecule has 1 heterocycles. The molecule has 0 radical (unpaired) electrons. The molecule has 0 unspecified atom stereocenters. The fourth-order valence-corrected chi connectivity index (χ4v) is 1.84. The van der Waals surface area contributed by atoms with Crippen molar-refractivity contribution >= 4 is 29.1 Å². The lowest BCUT2D eigenvalue weighted by molar-refractivity contribution is 0.436. The standard InChI is InChI=1S/C10H8Cl2N2O/c1-13-9-5-8(14-15-9)10-6(11)3-2-4-7(10)12/h2-5,13H,1H3. The van der Waals surface area contributed by atoms with Gasteiger partial charge in [0.15, 0.2) is 0 Å². The Morgan fingerprint density at radius 1 is 1.27 bits per heavy atom. The van der Waals surface area contributed by atoms with E-state index in [-0.39, 0.29) is 0 Å². The van der Waals surface area contributed by atoms with Crippen LogP contribution in [0, 0.1) is 0 Å². The molecule has 0 fully saturated rings. The van der Waals surface area contributed by atoms with E-state index in [4.69, 9.17) is 27.7 Å². The van der Waals surface area contributed by atoms with Gasteiger partial charge in [-0.25, -0.2) is 0 Å². The van der Waals surface area contributed by atoms with Crippen molar-refractivity contribution in [3.8, 4) is 11.3 Å². The maximum absolute atomic E-state index is 6.03. The molecule has 0 saturated heterocycles. The predicted octanol–water partition coefficient (Wildman–Crippen LogP) is 3.69. The molecule has 0 aliphatic heterocycles. The van der Waals surface area contributed by atoms with Gasteiger partial charge in [0.1, 0.15) is 5.69 Å². The fraction of sp³-hybridized carbons (Fsp3) is 0.100. The monoisotopic (exact) mass is 242 g/mol. The van der Waals surface area contributed by atoms with Crippen LogP contribution in [0.1, 0.15) is 0 Å². The van der Waals surface area contributed by atoms with Gasteiger partial charge in [0.2, 0.25) is 5.88 Å². The molecule has 1 aromatic heterocycles. The van der Waals surface area contributed by atoms with E-state index in [1.807, 2.05) is 0 Å². The third-order valence-corrected chi connectivity index (χ3v) is 2.61. The Morgan fingerprint density at radius 3 is 2.47 bits per heavy atom. The Kier molecular flexibility index (Phi) is 2.84. The second-order valence-corrected chi connectivity index (χ2v) is 3.74. The molecular formula is C10H8Cl2N2O. The topological polar surface area (TPSA) is 38.1 Å². The maximum Gasteiger partial charge on any atom is 0.225 e. The van der Waals surface area contributed by atoms with Gasteiger partial charge in [0, 0.05) is 18.7 Å². The molecule has 2 aromatic rings. The molecule has 0 aliphatic carbocycles. The Hall–Kier alpha value is -1.19. The van der Waals surface area contributed by atoms with Crippen LogP contribution in [-0.4, -0.2) is 12.2 Å². The molecule has 0 bridgehead atoms. The Morgan fingerprint density at radius 2 is 1.93 bits per heavy atom. The van der Waals surface area contributed by atoms with Gasteiger partial charge in [-0.3, -0.25) is 0 Å². The van der Waals surface area contributed by atoms with Crippen molar-refractivity contribution in [3.05, 3.63) is 34.3 Å². The molecule has 1 aromatic carbocycles. The smallest absolute Gasteiger partial charge is 0.225 e. The van der Waals surface area contributed by atoms with E-state index in [9.17, 15) is 0 Å². The van der Waals surface area contributed by atoms with Crippen LogP contribution in [0.5, 0.6) is 0 Å². The summed E-state index contributed by atoms with van der Waals surface area (Å²) in [6.07, 6.45) is 0. The number of nitrogens with one attached hydrogen (secondary N) is 1. The number of aromatic nitrogens is 1. The first-order valence-corrected chi connectivity index (χ1v) is 5.07. The highest BCUT2D eigenvalue weighted by atomic mass is 35.5. The van der Waals surface area contributed by atoms with E-state index in [1.54, 1.807) is 31.3 Å². The van der Waals surface area contributed by atoms with Crippen LogP contribution in [0.4, 0.5) is 5.88 Å². The molecule has 5 heteroatoms. The summed E-state index contributed by atoms with van der Waals surface area (Å²) in [6.45, 7) is 0. The first kappa shape index (κ1) is 10.3. The summed E-state index contributed by atoms with van der Waals surface area (Å²) in [5.41, 5.74) is 1.31. The third kappa shape index (κ3) is 1.94. The van der Waals surface area contributed by atoms with Crippen LogP contribution in [-0.2, 0) is 0 Å². The zero-order valence-electron chi connectivity index (χ0n) is 7.92. The second-order valence-electron chi connectivity index (χ2n) is 2.92. The molecule has 0 aliphatic rings. The first-order valence-electron chi connectivity index (χ1n) is 4.31. The summed E-state index contributed by atoms with van der Waals surface area (Å²) < 4.78 is 5.00. The SMILES string of the molecule is CNc1cc(-c2c(Cl)cccc2Cl)no1. The van der Waals surface area contributed by atoms with Crippen LogP contribution < -0.4 is 5.32 Å². The van der Waals surface area contributed by atoms with Gasteiger partial charge in [0.05, 0.1) is 10.0 Å². The van der Waals surface area contributed by atoms with Gasteiger partial charge in [-0.1, -0.05) is 34.4 Å². The van der Waals surface area contributed by atoms with Gasteiger partial charge in [-0.2, -0.15) is 0 Å². The van der Waals surface area contributed by atoms with Gasteiger partial charge in [-0.15, -0.1) is 0 Å². The van der Waals surface area contributed by atoms with Crippen molar-refractivity contribution in [2.45, 2.75) is 0 Å². The van der Waals surface area contributed by atoms with E-state index >= 15 is 0 Å². The van der Waals surface area contributed by atoms with Crippen molar-refractivity contribution in [1.82, 2.24) is 5.16 Å². The van der Waals surface area contributed by atoms with Crippen LogP contribution >= 0.6 is 23.2 Å². The number of hydrogen-bond acceptors (Lipinski definition) is 3. The lowest BCUT2D eigenvalue weighted by atomic mass is 10.1. The van der Waals surface area contributed by atoms with E-state index in [0.717, 1.165) is 0 Å². The van der Waals surface area contributed by atoms with E-state index in [1.165, 1.54) is 0 Å².